The van der Waals surface area contributed by atoms with Crippen LogP contribution in [-0.4, -0.2) is 20.4 Å². The first-order valence-electron chi connectivity index (χ1n) is 5.62. The predicted molar refractivity (Wildman–Crippen MR) is 78.2 cm³/mol. The number of aromatic amines is 1. The van der Waals surface area contributed by atoms with Crippen LogP contribution >= 0.6 is 12.4 Å². The number of carbonyl (C=O) groups excluding carboxylic acids is 1. The fourth-order valence-corrected chi connectivity index (χ4v) is 1.95. The number of aromatic nitrogens is 3. The first-order valence-corrected chi connectivity index (χ1v) is 5.62. The Bertz CT molecular complexity index is 823. The quantitative estimate of drug-likeness (QED) is 0.663. The number of hydrogen-bond donors (Lipinski definition) is 2. The Balaban J connectivity index is 0.00000147. The second-order valence-corrected chi connectivity index (χ2v) is 4.08. The lowest BCUT2D eigenvalue weighted by molar-refractivity contribution is 0.0961. The molecule has 3 rings (SSSR count). The minimum absolute atomic E-state index is 0. The average molecular weight is 291 g/mol. The van der Waals surface area contributed by atoms with Gasteiger partial charge in [0.1, 0.15) is 0 Å². The number of nitrogens with one attached hydrogen (secondary N) is 1. The second kappa shape index (κ2) is 5.18. The number of hydrogen-bond acceptors (Lipinski definition) is 4. The standard InChI is InChI=1S/C13H10N4O2.ClH/c14-9-1-2-11-10(7-9)16-13(19)17(11)12(18)8-3-5-15-6-4-8;/h1-7H,14H2,(H,16,19);1H. The molecule has 1 aromatic carbocycles. The van der Waals surface area contributed by atoms with E-state index < -0.39 is 11.6 Å². The third-order valence-electron chi connectivity index (χ3n) is 2.84. The van der Waals surface area contributed by atoms with Gasteiger partial charge in [0.15, 0.2) is 0 Å². The second-order valence-electron chi connectivity index (χ2n) is 4.08. The van der Waals surface area contributed by atoms with E-state index in [0.29, 0.717) is 22.3 Å². The van der Waals surface area contributed by atoms with E-state index in [1.807, 2.05) is 0 Å². The lowest BCUT2D eigenvalue weighted by Gasteiger charge is -2.02. The first-order chi connectivity index (χ1) is 9.16. The Labute approximate surface area is 119 Å². The van der Waals surface area contributed by atoms with Crippen molar-refractivity contribution in [2.24, 2.45) is 0 Å². The van der Waals surface area contributed by atoms with Crippen LogP contribution in [0.25, 0.3) is 11.0 Å². The van der Waals surface area contributed by atoms with Crippen LogP contribution in [0.1, 0.15) is 10.4 Å². The average Bonchev–Trinajstić information content (AvgIpc) is 2.74. The zero-order valence-corrected chi connectivity index (χ0v) is 11.1. The Hall–Kier alpha value is -2.60. The summed E-state index contributed by atoms with van der Waals surface area (Å²) in [6.45, 7) is 0. The van der Waals surface area contributed by atoms with Gasteiger partial charge in [0.05, 0.1) is 11.0 Å². The molecule has 0 fully saturated rings. The highest BCUT2D eigenvalue weighted by Crippen LogP contribution is 2.15. The maximum absolute atomic E-state index is 12.3. The van der Waals surface area contributed by atoms with E-state index in [9.17, 15) is 9.59 Å². The van der Waals surface area contributed by atoms with E-state index >= 15 is 0 Å². The molecule has 0 unspecified atom stereocenters. The maximum atomic E-state index is 12.3. The topological polar surface area (TPSA) is 93.8 Å². The summed E-state index contributed by atoms with van der Waals surface area (Å²) in [7, 11) is 0. The van der Waals surface area contributed by atoms with Crippen LogP contribution in [0.2, 0.25) is 0 Å². The highest BCUT2D eigenvalue weighted by atomic mass is 35.5. The molecule has 20 heavy (non-hydrogen) atoms. The molecule has 0 saturated carbocycles. The van der Waals surface area contributed by atoms with Crippen LogP contribution in [0.4, 0.5) is 5.69 Å². The number of pyridine rings is 1. The number of H-pyrrole nitrogens is 1. The van der Waals surface area contributed by atoms with Gasteiger partial charge in [0, 0.05) is 23.6 Å². The fraction of sp³-hybridized carbons (Fsp3) is 0. The molecule has 0 saturated heterocycles. The number of imidazole rings is 1. The molecular weight excluding hydrogens is 280 g/mol. The van der Waals surface area contributed by atoms with Crippen LogP contribution in [0.15, 0.2) is 47.5 Å². The van der Waals surface area contributed by atoms with E-state index in [2.05, 4.69) is 9.97 Å². The summed E-state index contributed by atoms with van der Waals surface area (Å²) >= 11 is 0. The zero-order chi connectivity index (χ0) is 13.4. The van der Waals surface area contributed by atoms with Crippen molar-refractivity contribution in [1.82, 2.24) is 14.5 Å². The summed E-state index contributed by atoms with van der Waals surface area (Å²) in [4.78, 5) is 30.7. The first kappa shape index (κ1) is 13.8. The van der Waals surface area contributed by atoms with Gasteiger partial charge in [0.25, 0.3) is 5.91 Å². The number of benzene rings is 1. The van der Waals surface area contributed by atoms with Crippen molar-refractivity contribution in [3.8, 4) is 0 Å². The lowest BCUT2D eigenvalue weighted by Crippen LogP contribution is -2.24. The summed E-state index contributed by atoms with van der Waals surface area (Å²) in [5, 5.41) is 0. The molecule has 7 heteroatoms. The molecular formula is C13H11ClN4O2. The van der Waals surface area contributed by atoms with Crippen LogP contribution in [0.3, 0.4) is 0 Å². The number of nitrogens with two attached hydrogens (primary N) is 1. The van der Waals surface area contributed by atoms with Gasteiger partial charge in [-0.3, -0.25) is 9.78 Å². The normalized spacial score (nSPS) is 10.2. The minimum Gasteiger partial charge on any atom is -0.399 e. The Morgan fingerprint density at radius 2 is 1.90 bits per heavy atom. The zero-order valence-electron chi connectivity index (χ0n) is 10.2. The van der Waals surface area contributed by atoms with Crippen molar-refractivity contribution in [3.63, 3.8) is 0 Å². The number of nitrogen functional groups attached to an aromatic ring is 1. The van der Waals surface area contributed by atoms with Gasteiger partial charge in [-0.2, -0.15) is 0 Å². The van der Waals surface area contributed by atoms with Gasteiger partial charge in [-0.25, -0.2) is 9.36 Å². The molecule has 2 aromatic heterocycles. The van der Waals surface area contributed by atoms with Gasteiger partial charge in [-0.15, -0.1) is 12.4 Å². The van der Waals surface area contributed by atoms with E-state index in [0.717, 1.165) is 4.57 Å². The molecule has 0 amide bonds. The van der Waals surface area contributed by atoms with Crippen molar-refractivity contribution >= 4 is 35.0 Å². The van der Waals surface area contributed by atoms with Gasteiger partial charge >= 0.3 is 5.69 Å². The SMILES string of the molecule is Cl.Nc1ccc2c(c1)[nH]c(=O)n2C(=O)c1ccncc1. The summed E-state index contributed by atoms with van der Waals surface area (Å²) in [5.41, 5.74) is 7.12. The smallest absolute Gasteiger partial charge is 0.333 e. The van der Waals surface area contributed by atoms with E-state index in [1.54, 1.807) is 30.3 Å². The highest BCUT2D eigenvalue weighted by Gasteiger charge is 2.15. The van der Waals surface area contributed by atoms with E-state index in [-0.39, 0.29) is 12.4 Å². The summed E-state index contributed by atoms with van der Waals surface area (Å²) < 4.78 is 1.09. The molecule has 3 N–H and O–H groups in total. The predicted octanol–water partition coefficient (Wildman–Crippen LogP) is 1.42. The molecule has 3 aromatic rings. The Morgan fingerprint density at radius 1 is 1.20 bits per heavy atom. The molecule has 0 aliphatic rings. The molecule has 0 bridgehead atoms. The minimum atomic E-state index is -0.484. The van der Waals surface area contributed by atoms with Crippen LogP contribution in [0, 0.1) is 0 Å². The molecule has 2 heterocycles. The van der Waals surface area contributed by atoms with E-state index in [4.69, 9.17) is 5.73 Å². The van der Waals surface area contributed by atoms with Crippen LogP contribution in [-0.2, 0) is 0 Å². The van der Waals surface area contributed by atoms with Crippen molar-refractivity contribution in [2.75, 3.05) is 5.73 Å². The van der Waals surface area contributed by atoms with Crippen molar-refractivity contribution in [1.29, 1.82) is 0 Å². The third kappa shape index (κ3) is 2.17. The van der Waals surface area contributed by atoms with Gasteiger partial charge in [0.2, 0.25) is 0 Å². The summed E-state index contributed by atoms with van der Waals surface area (Å²) in [6, 6.07) is 8.02. The van der Waals surface area contributed by atoms with Crippen LogP contribution in [0.5, 0.6) is 0 Å². The van der Waals surface area contributed by atoms with Crippen molar-refractivity contribution < 1.29 is 4.79 Å². The molecule has 0 aliphatic heterocycles. The molecule has 0 aliphatic carbocycles. The fourth-order valence-electron chi connectivity index (χ4n) is 1.95. The third-order valence-corrected chi connectivity index (χ3v) is 2.84. The number of anilines is 1. The van der Waals surface area contributed by atoms with Gasteiger partial charge in [-0.05, 0) is 30.3 Å². The Morgan fingerprint density at radius 3 is 2.60 bits per heavy atom. The summed E-state index contributed by atoms with van der Waals surface area (Å²) in [5.74, 6) is -0.400. The molecule has 0 radical (unpaired) electrons. The number of rotatable bonds is 1. The van der Waals surface area contributed by atoms with Crippen molar-refractivity contribution in [3.05, 3.63) is 58.8 Å². The number of carbonyl (C=O) groups is 1. The molecule has 102 valence electrons. The molecule has 0 atom stereocenters. The van der Waals surface area contributed by atoms with Crippen molar-refractivity contribution in [2.45, 2.75) is 0 Å². The largest absolute Gasteiger partial charge is 0.399 e. The van der Waals surface area contributed by atoms with Gasteiger partial charge < -0.3 is 10.7 Å². The van der Waals surface area contributed by atoms with Crippen LogP contribution < -0.4 is 11.4 Å². The maximum Gasteiger partial charge on any atom is 0.333 e. The molecule has 0 spiro atoms. The monoisotopic (exact) mass is 290 g/mol. The summed E-state index contributed by atoms with van der Waals surface area (Å²) in [6.07, 6.45) is 3.01. The highest BCUT2D eigenvalue weighted by molar-refractivity contribution is 6.01. The van der Waals surface area contributed by atoms with E-state index in [1.165, 1.54) is 12.4 Å². The number of nitrogens with zero attached hydrogens (tertiary/aromatic N) is 2. The van der Waals surface area contributed by atoms with Gasteiger partial charge in [-0.1, -0.05) is 0 Å². The number of halogens is 1. The lowest BCUT2D eigenvalue weighted by atomic mass is 10.2. The Kier molecular flexibility index (Phi) is 3.58. The number of fused-ring (bicyclic) bond motifs is 1. The molecule has 6 nitrogen and oxygen atoms in total.